The minimum Gasteiger partial charge on any atom is -0.295 e. The molecule has 6 heavy (non-hydrogen) atoms. The summed E-state index contributed by atoms with van der Waals surface area (Å²) in [4.78, 5) is 18.6. The fourth-order valence-corrected chi connectivity index (χ4v) is 0. The number of Topliss-reactive ketones (excluding diaryl/α,β-unsaturated/α-hetero) is 1. The van der Waals surface area contributed by atoms with E-state index in [1.165, 1.54) is 6.92 Å². The van der Waals surface area contributed by atoms with Gasteiger partial charge in [0.15, 0.2) is 12.1 Å². The molecule has 0 aromatic rings. The summed E-state index contributed by atoms with van der Waals surface area (Å²) in [5.41, 5.74) is 0. The molecule has 0 aliphatic rings. The summed E-state index contributed by atoms with van der Waals surface area (Å²) in [6, 6.07) is 0. The van der Waals surface area contributed by atoms with Gasteiger partial charge in [0, 0.05) is 6.92 Å². The Hall–Kier alpha value is -0.310. The van der Waals surface area contributed by atoms with Crippen molar-refractivity contribution in [2.45, 2.75) is 6.92 Å². The van der Waals surface area contributed by atoms with Gasteiger partial charge in [-0.2, -0.15) is 13.5 Å². The van der Waals surface area contributed by atoms with E-state index in [4.69, 9.17) is 4.79 Å². The molecular formula is C3H6O2S. The van der Waals surface area contributed by atoms with Crippen molar-refractivity contribution in [2.75, 3.05) is 0 Å². The van der Waals surface area contributed by atoms with E-state index in [0.29, 0.717) is 0 Å². The molecule has 36 valence electrons. The van der Waals surface area contributed by atoms with Gasteiger partial charge in [-0.15, -0.1) is 0 Å². The van der Waals surface area contributed by atoms with Crippen molar-refractivity contribution in [3.63, 3.8) is 0 Å². The molecule has 0 aliphatic heterocycles. The highest BCUT2D eigenvalue weighted by atomic mass is 32.1. The number of rotatable bonds is 1. The molecule has 0 bridgehead atoms. The van der Waals surface area contributed by atoms with Gasteiger partial charge in [0.05, 0.1) is 0 Å². The molecule has 0 atom stereocenters. The van der Waals surface area contributed by atoms with Gasteiger partial charge < -0.3 is 0 Å². The first-order chi connectivity index (χ1) is 2.27. The second kappa shape index (κ2) is 4.69. The highest BCUT2D eigenvalue weighted by Gasteiger charge is 1.76. The molecule has 0 rings (SSSR count). The molecule has 0 spiro atoms. The maximum atomic E-state index is 9.44. The SMILES string of the molecule is CC(=O)C=O.S. The average Bonchev–Trinajstić information content (AvgIpc) is 1.38. The lowest BCUT2D eigenvalue weighted by Gasteiger charge is -1.57. The van der Waals surface area contributed by atoms with Crippen LogP contribution in [0.1, 0.15) is 6.92 Å². The molecule has 0 aromatic carbocycles. The summed E-state index contributed by atoms with van der Waals surface area (Å²) in [5, 5.41) is 0. The minimum absolute atomic E-state index is 0. The van der Waals surface area contributed by atoms with Crippen molar-refractivity contribution >= 4 is 25.6 Å². The Bertz CT molecular complexity index is 59.8. The van der Waals surface area contributed by atoms with Gasteiger partial charge in [0.2, 0.25) is 0 Å². The molecule has 3 heteroatoms. The number of carbonyl (C=O) groups is 2. The van der Waals surface area contributed by atoms with Gasteiger partial charge in [-0.1, -0.05) is 0 Å². The molecule has 0 amide bonds. The van der Waals surface area contributed by atoms with Gasteiger partial charge in [-0.3, -0.25) is 9.59 Å². The number of hydrogen-bond donors (Lipinski definition) is 0. The molecule has 0 unspecified atom stereocenters. The number of ketones is 1. The zero-order valence-electron chi connectivity index (χ0n) is 3.39. The minimum atomic E-state index is -0.426. The van der Waals surface area contributed by atoms with Crippen LogP contribution in [0.2, 0.25) is 0 Å². The van der Waals surface area contributed by atoms with Gasteiger partial charge in [0.1, 0.15) is 0 Å². The second-order valence-corrected chi connectivity index (χ2v) is 0.729. The van der Waals surface area contributed by atoms with Crippen molar-refractivity contribution in [2.24, 2.45) is 0 Å². The molecule has 0 aromatic heterocycles. The van der Waals surface area contributed by atoms with Crippen molar-refractivity contribution in [3.05, 3.63) is 0 Å². The Morgan fingerprint density at radius 1 is 1.67 bits per heavy atom. The molecule has 0 aliphatic carbocycles. The third-order valence-corrected chi connectivity index (χ3v) is 0.166. The Morgan fingerprint density at radius 2 is 1.83 bits per heavy atom. The Balaban J connectivity index is 0. The van der Waals surface area contributed by atoms with Crippen LogP contribution in [0.3, 0.4) is 0 Å². The van der Waals surface area contributed by atoms with Crippen LogP contribution in [0.25, 0.3) is 0 Å². The van der Waals surface area contributed by atoms with E-state index in [0.717, 1.165) is 0 Å². The molecular weight excluding hydrogens is 100 g/mol. The molecule has 0 heterocycles. The molecule has 0 N–H and O–H groups in total. The number of hydrogen-bond acceptors (Lipinski definition) is 2. The first-order valence-electron chi connectivity index (χ1n) is 1.23. The zero-order valence-corrected chi connectivity index (χ0v) is 4.39. The van der Waals surface area contributed by atoms with Crippen LogP contribution >= 0.6 is 13.5 Å². The molecule has 2 nitrogen and oxygen atoms in total. The van der Waals surface area contributed by atoms with Crippen LogP contribution in [0, 0.1) is 0 Å². The topological polar surface area (TPSA) is 34.1 Å². The molecule has 0 radical (unpaired) electrons. The fourth-order valence-electron chi connectivity index (χ4n) is 0. The van der Waals surface area contributed by atoms with E-state index in [1.807, 2.05) is 0 Å². The lowest BCUT2D eigenvalue weighted by atomic mass is 10.5. The van der Waals surface area contributed by atoms with E-state index >= 15 is 0 Å². The van der Waals surface area contributed by atoms with Crippen LogP contribution in [-0.2, 0) is 9.59 Å². The van der Waals surface area contributed by atoms with Crippen molar-refractivity contribution < 1.29 is 9.59 Å². The van der Waals surface area contributed by atoms with Crippen LogP contribution in [0.15, 0.2) is 0 Å². The maximum Gasteiger partial charge on any atom is 0.192 e. The van der Waals surface area contributed by atoms with Crippen molar-refractivity contribution in [1.82, 2.24) is 0 Å². The summed E-state index contributed by atoms with van der Waals surface area (Å²) in [7, 11) is 0. The Morgan fingerprint density at radius 3 is 1.83 bits per heavy atom. The second-order valence-electron chi connectivity index (χ2n) is 0.729. The Kier molecular flexibility index (Phi) is 7.19. The van der Waals surface area contributed by atoms with E-state index in [1.54, 1.807) is 0 Å². The zero-order chi connectivity index (χ0) is 4.28. The highest BCUT2D eigenvalue weighted by Crippen LogP contribution is 1.48. The lowest BCUT2D eigenvalue weighted by molar-refractivity contribution is -0.128. The van der Waals surface area contributed by atoms with Crippen molar-refractivity contribution in [1.29, 1.82) is 0 Å². The summed E-state index contributed by atoms with van der Waals surface area (Å²) in [6.07, 6.45) is 0.278. The summed E-state index contributed by atoms with van der Waals surface area (Å²) in [6.45, 7) is 1.22. The largest absolute Gasteiger partial charge is 0.295 e. The van der Waals surface area contributed by atoms with E-state index in [-0.39, 0.29) is 19.8 Å². The van der Waals surface area contributed by atoms with Crippen LogP contribution in [0.5, 0.6) is 0 Å². The molecule has 0 fully saturated rings. The standard InChI is InChI=1S/C3H4O2.H2S/c1-3(5)2-4;/h2H,1H3;1H2. The van der Waals surface area contributed by atoms with Gasteiger partial charge in [0.25, 0.3) is 0 Å². The average molecular weight is 106 g/mol. The monoisotopic (exact) mass is 106 g/mol. The molecule has 0 saturated heterocycles. The van der Waals surface area contributed by atoms with Gasteiger partial charge in [-0.05, 0) is 0 Å². The summed E-state index contributed by atoms with van der Waals surface area (Å²) < 4.78 is 0. The third kappa shape index (κ3) is 9.35. The fraction of sp³-hybridized carbons (Fsp3) is 0.333. The first-order valence-corrected chi connectivity index (χ1v) is 1.23. The van der Waals surface area contributed by atoms with Crippen LogP contribution in [-0.4, -0.2) is 12.1 Å². The third-order valence-electron chi connectivity index (χ3n) is 0.166. The number of aldehydes is 1. The Labute approximate surface area is 43.0 Å². The van der Waals surface area contributed by atoms with Gasteiger partial charge >= 0.3 is 0 Å². The predicted octanol–water partition coefficient (Wildman–Crippen LogP) is -0.113. The van der Waals surface area contributed by atoms with Gasteiger partial charge in [-0.25, -0.2) is 0 Å². The van der Waals surface area contributed by atoms with E-state index in [9.17, 15) is 4.79 Å². The quantitative estimate of drug-likeness (QED) is 0.345. The maximum absolute atomic E-state index is 9.44. The number of carbonyl (C=O) groups excluding carboxylic acids is 2. The summed E-state index contributed by atoms with van der Waals surface area (Å²) >= 11 is 0. The van der Waals surface area contributed by atoms with Crippen LogP contribution < -0.4 is 0 Å². The predicted molar refractivity (Wildman–Crippen MR) is 27.1 cm³/mol. The molecule has 0 saturated carbocycles. The first kappa shape index (κ1) is 9.19. The van der Waals surface area contributed by atoms with Crippen molar-refractivity contribution in [3.8, 4) is 0 Å². The summed E-state index contributed by atoms with van der Waals surface area (Å²) in [5.74, 6) is -0.426. The van der Waals surface area contributed by atoms with E-state index < -0.39 is 5.78 Å². The normalized spacial score (nSPS) is 5.50. The lowest BCUT2D eigenvalue weighted by Crippen LogP contribution is -1.85. The smallest absolute Gasteiger partial charge is 0.192 e. The highest BCUT2D eigenvalue weighted by molar-refractivity contribution is 7.59. The van der Waals surface area contributed by atoms with Crippen LogP contribution in [0.4, 0.5) is 0 Å². The van der Waals surface area contributed by atoms with E-state index in [2.05, 4.69) is 0 Å².